The molecule has 1 heterocycles. The van der Waals surface area contributed by atoms with Gasteiger partial charge in [-0.3, -0.25) is 14.3 Å². The minimum absolute atomic E-state index is 0.0517. The lowest BCUT2D eigenvalue weighted by Gasteiger charge is -2.18. The fourth-order valence-corrected chi connectivity index (χ4v) is 3.58. The number of sulfonamides is 1. The maximum Gasteiger partial charge on any atom is 0.340 e. The van der Waals surface area contributed by atoms with E-state index in [2.05, 4.69) is 4.72 Å². The van der Waals surface area contributed by atoms with Gasteiger partial charge < -0.3 is 9.64 Å². The van der Waals surface area contributed by atoms with E-state index in [1.165, 1.54) is 24.3 Å². The zero-order valence-corrected chi connectivity index (χ0v) is 16.6. The molecule has 0 spiro atoms. The first-order valence-electron chi connectivity index (χ1n) is 8.92. The topological polar surface area (TPSA) is 110 Å². The van der Waals surface area contributed by atoms with Crippen LogP contribution in [0.25, 0.3) is 0 Å². The van der Waals surface area contributed by atoms with Gasteiger partial charge in [0.2, 0.25) is 15.9 Å². The summed E-state index contributed by atoms with van der Waals surface area (Å²) < 4.78 is 29.9. The number of carbonyl (C=O) groups excluding carboxylic acids is 3. The van der Waals surface area contributed by atoms with Crippen molar-refractivity contribution in [3.63, 3.8) is 0 Å². The molecule has 2 aromatic rings. The van der Waals surface area contributed by atoms with Crippen LogP contribution in [-0.2, 0) is 19.6 Å². The molecule has 1 amide bonds. The van der Waals surface area contributed by atoms with Crippen LogP contribution >= 0.6 is 0 Å². The first-order valence-corrected chi connectivity index (χ1v) is 10.8. The van der Waals surface area contributed by atoms with Crippen molar-refractivity contribution in [1.82, 2.24) is 0 Å². The molecule has 0 unspecified atom stereocenters. The number of hydrogen-bond donors (Lipinski definition) is 1. The summed E-state index contributed by atoms with van der Waals surface area (Å²) in [7, 11) is -3.41. The van der Waals surface area contributed by atoms with Crippen LogP contribution in [0.2, 0.25) is 0 Å². The summed E-state index contributed by atoms with van der Waals surface area (Å²) in [5.41, 5.74) is 1.30. The minimum atomic E-state index is -3.41. The van der Waals surface area contributed by atoms with Crippen LogP contribution in [0.4, 0.5) is 11.4 Å². The Morgan fingerprint density at radius 2 is 1.79 bits per heavy atom. The Balaban J connectivity index is 1.65. The average Bonchev–Trinajstić information content (AvgIpc) is 3.11. The van der Waals surface area contributed by atoms with Gasteiger partial charge in [-0.15, -0.1) is 0 Å². The molecular weight excluding hydrogens is 396 g/mol. The van der Waals surface area contributed by atoms with Gasteiger partial charge in [0.05, 0.1) is 17.5 Å². The number of ether oxygens (including phenoxy) is 1. The predicted molar refractivity (Wildman–Crippen MR) is 108 cm³/mol. The number of benzene rings is 2. The summed E-state index contributed by atoms with van der Waals surface area (Å²) in [6.07, 6.45) is 2.19. The van der Waals surface area contributed by atoms with Crippen molar-refractivity contribution in [1.29, 1.82) is 0 Å². The lowest BCUT2D eigenvalue weighted by molar-refractivity contribution is -0.117. The maximum absolute atomic E-state index is 12.5. The normalized spacial score (nSPS) is 14.0. The number of amides is 1. The number of para-hydroxylation sites is 1. The Morgan fingerprint density at radius 1 is 1.10 bits per heavy atom. The maximum atomic E-state index is 12.5. The molecular formula is C20H20N2O6S. The molecule has 0 aliphatic carbocycles. The number of anilines is 2. The zero-order chi connectivity index (χ0) is 21.0. The third-order valence-electron chi connectivity index (χ3n) is 4.33. The van der Waals surface area contributed by atoms with E-state index in [0.717, 1.165) is 12.7 Å². The van der Waals surface area contributed by atoms with E-state index < -0.39 is 28.4 Å². The molecule has 2 aromatic carbocycles. The zero-order valence-electron chi connectivity index (χ0n) is 15.8. The molecule has 0 aromatic heterocycles. The fourth-order valence-electron chi connectivity index (χ4n) is 3.01. The summed E-state index contributed by atoms with van der Waals surface area (Å²) in [4.78, 5) is 38.3. The van der Waals surface area contributed by atoms with Crippen LogP contribution in [0, 0.1) is 0 Å². The number of esters is 1. The van der Waals surface area contributed by atoms with Crippen LogP contribution in [-0.4, -0.2) is 45.5 Å². The highest BCUT2D eigenvalue weighted by atomic mass is 32.2. The minimum Gasteiger partial charge on any atom is -0.454 e. The molecule has 0 bridgehead atoms. The Morgan fingerprint density at radius 3 is 2.41 bits per heavy atom. The van der Waals surface area contributed by atoms with E-state index >= 15 is 0 Å². The summed E-state index contributed by atoms with van der Waals surface area (Å²) in [5, 5.41) is 0. The van der Waals surface area contributed by atoms with Crippen molar-refractivity contribution in [2.75, 3.05) is 29.0 Å². The number of rotatable bonds is 7. The Kier molecular flexibility index (Phi) is 5.97. The van der Waals surface area contributed by atoms with Crippen LogP contribution in [0.5, 0.6) is 0 Å². The SMILES string of the molecule is CS(=O)(=O)Nc1ccc(C(=O)COC(=O)c2ccccc2N2CCCC2=O)cc1. The van der Waals surface area contributed by atoms with E-state index in [9.17, 15) is 22.8 Å². The van der Waals surface area contributed by atoms with Crippen molar-refractivity contribution in [2.45, 2.75) is 12.8 Å². The number of hydrogen-bond acceptors (Lipinski definition) is 6. The predicted octanol–water partition coefficient (Wildman–Crippen LogP) is 2.22. The van der Waals surface area contributed by atoms with Crippen LogP contribution < -0.4 is 9.62 Å². The lowest BCUT2D eigenvalue weighted by atomic mass is 10.1. The van der Waals surface area contributed by atoms with Gasteiger partial charge in [-0.1, -0.05) is 12.1 Å². The highest BCUT2D eigenvalue weighted by molar-refractivity contribution is 7.92. The van der Waals surface area contributed by atoms with Gasteiger partial charge in [-0.2, -0.15) is 0 Å². The molecule has 1 N–H and O–H groups in total. The number of ketones is 1. The fraction of sp³-hybridized carbons (Fsp3) is 0.250. The second kappa shape index (κ2) is 8.44. The van der Waals surface area contributed by atoms with Crippen LogP contribution in [0.1, 0.15) is 33.6 Å². The average molecular weight is 416 g/mol. The lowest BCUT2D eigenvalue weighted by Crippen LogP contribution is -2.26. The quantitative estimate of drug-likeness (QED) is 0.547. The van der Waals surface area contributed by atoms with E-state index in [1.807, 2.05) is 0 Å². The highest BCUT2D eigenvalue weighted by Crippen LogP contribution is 2.26. The Labute approximate surface area is 168 Å². The van der Waals surface area contributed by atoms with Crippen molar-refractivity contribution < 1.29 is 27.5 Å². The molecule has 0 saturated carbocycles. The molecule has 29 heavy (non-hydrogen) atoms. The first kappa shape index (κ1) is 20.5. The molecule has 0 radical (unpaired) electrons. The largest absolute Gasteiger partial charge is 0.454 e. The number of nitrogens with zero attached hydrogens (tertiary/aromatic N) is 1. The molecule has 1 saturated heterocycles. The van der Waals surface area contributed by atoms with Crippen molar-refractivity contribution >= 4 is 39.1 Å². The van der Waals surface area contributed by atoms with Gasteiger partial charge in [0.1, 0.15) is 0 Å². The van der Waals surface area contributed by atoms with E-state index in [4.69, 9.17) is 4.74 Å². The van der Waals surface area contributed by atoms with Gasteiger partial charge in [0, 0.05) is 24.2 Å². The van der Waals surface area contributed by atoms with Gasteiger partial charge in [-0.05, 0) is 42.8 Å². The molecule has 152 valence electrons. The van der Waals surface area contributed by atoms with Crippen LogP contribution in [0.3, 0.4) is 0 Å². The van der Waals surface area contributed by atoms with E-state index in [-0.39, 0.29) is 17.0 Å². The van der Waals surface area contributed by atoms with E-state index in [1.54, 1.807) is 29.2 Å². The number of nitrogens with one attached hydrogen (secondary N) is 1. The molecule has 1 aliphatic heterocycles. The van der Waals surface area contributed by atoms with E-state index in [0.29, 0.717) is 24.3 Å². The monoisotopic (exact) mass is 416 g/mol. The standard InChI is InChI=1S/C20H20N2O6S/c1-29(26,27)21-15-10-8-14(9-11-15)18(23)13-28-20(25)16-5-2-3-6-17(16)22-12-4-7-19(22)24/h2-3,5-6,8-11,21H,4,7,12-13H2,1H3. The third kappa shape index (κ3) is 5.20. The van der Waals surface area contributed by atoms with Gasteiger partial charge in [-0.25, -0.2) is 13.2 Å². The summed E-state index contributed by atoms with van der Waals surface area (Å²) in [6.45, 7) is 0.0654. The summed E-state index contributed by atoms with van der Waals surface area (Å²) >= 11 is 0. The Bertz CT molecular complexity index is 1050. The molecule has 9 heteroatoms. The molecule has 1 fully saturated rings. The summed E-state index contributed by atoms with van der Waals surface area (Å²) in [6, 6.07) is 12.4. The second-order valence-electron chi connectivity index (χ2n) is 6.62. The van der Waals surface area contributed by atoms with Crippen LogP contribution in [0.15, 0.2) is 48.5 Å². The Hall–Kier alpha value is -3.20. The molecule has 1 aliphatic rings. The van der Waals surface area contributed by atoms with Crippen molar-refractivity contribution in [3.05, 3.63) is 59.7 Å². The summed E-state index contributed by atoms with van der Waals surface area (Å²) in [5.74, 6) is -1.17. The second-order valence-corrected chi connectivity index (χ2v) is 8.37. The van der Waals surface area contributed by atoms with Crippen molar-refractivity contribution in [3.8, 4) is 0 Å². The number of Topliss-reactive ketones (excluding diaryl/α,β-unsaturated/α-hetero) is 1. The van der Waals surface area contributed by atoms with Gasteiger partial charge in [0.15, 0.2) is 12.4 Å². The molecule has 3 rings (SSSR count). The van der Waals surface area contributed by atoms with Gasteiger partial charge >= 0.3 is 5.97 Å². The van der Waals surface area contributed by atoms with Gasteiger partial charge in [0.25, 0.3) is 0 Å². The molecule has 8 nitrogen and oxygen atoms in total. The van der Waals surface area contributed by atoms with Crippen molar-refractivity contribution in [2.24, 2.45) is 0 Å². The third-order valence-corrected chi connectivity index (χ3v) is 4.94. The molecule has 0 atom stereocenters. The smallest absolute Gasteiger partial charge is 0.340 e. The number of carbonyl (C=O) groups is 3. The first-order chi connectivity index (χ1) is 13.7. The highest BCUT2D eigenvalue weighted by Gasteiger charge is 2.26.